The Balaban J connectivity index is 2.89. The van der Waals surface area contributed by atoms with Gasteiger partial charge in [0.15, 0.2) is 0 Å². The normalized spacial score (nSPS) is 11.7. The zero-order chi connectivity index (χ0) is 14.5. The van der Waals surface area contributed by atoms with Crippen molar-refractivity contribution < 1.29 is 17.9 Å². The van der Waals surface area contributed by atoms with Gasteiger partial charge in [0.2, 0.25) is 5.88 Å². The highest BCUT2D eigenvalue weighted by molar-refractivity contribution is 6.18. The van der Waals surface area contributed by atoms with Crippen molar-refractivity contribution in [3.05, 3.63) is 12.4 Å². The summed E-state index contributed by atoms with van der Waals surface area (Å²) in [4.78, 5) is 8.71. The van der Waals surface area contributed by atoms with Gasteiger partial charge in [-0.05, 0) is 13.8 Å². The van der Waals surface area contributed by atoms with Crippen molar-refractivity contribution in [2.45, 2.75) is 26.1 Å². The minimum Gasteiger partial charge on any atom is -0.475 e. The molecule has 1 aromatic heterocycles. The molecule has 1 rings (SSSR count). The first-order valence-electron chi connectivity index (χ1n) is 5.68. The van der Waals surface area contributed by atoms with Gasteiger partial charge in [-0.15, -0.1) is 11.6 Å². The zero-order valence-corrected chi connectivity index (χ0v) is 11.4. The molecule has 108 valence electrons. The molecule has 1 heterocycles. The molecule has 0 N–H and O–H groups in total. The van der Waals surface area contributed by atoms with Crippen molar-refractivity contribution in [3.63, 3.8) is 0 Å². The van der Waals surface area contributed by atoms with Crippen LogP contribution in [0.4, 0.5) is 19.0 Å². The average Bonchev–Trinajstić information content (AvgIpc) is 2.26. The Morgan fingerprint density at radius 3 is 2.58 bits per heavy atom. The largest absolute Gasteiger partial charge is 0.475 e. The van der Waals surface area contributed by atoms with E-state index in [2.05, 4.69) is 9.97 Å². The van der Waals surface area contributed by atoms with E-state index in [4.69, 9.17) is 16.3 Å². The number of ether oxygens (including phenoxy) is 1. The second-order valence-electron chi connectivity index (χ2n) is 4.11. The van der Waals surface area contributed by atoms with Gasteiger partial charge < -0.3 is 9.64 Å². The fraction of sp³-hybridized carbons (Fsp3) is 0.636. The van der Waals surface area contributed by atoms with E-state index >= 15 is 0 Å². The minimum atomic E-state index is -4.32. The molecule has 0 bridgehead atoms. The van der Waals surface area contributed by atoms with E-state index in [1.807, 2.05) is 0 Å². The Labute approximate surface area is 114 Å². The number of aromatic nitrogens is 2. The van der Waals surface area contributed by atoms with Crippen LogP contribution in [0.2, 0.25) is 0 Å². The van der Waals surface area contributed by atoms with E-state index in [0.717, 1.165) is 4.90 Å². The second-order valence-corrected chi connectivity index (χ2v) is 4.48. The summed E-state index contributed by atoms with van der Waals surface area (Å²) in [6.07, 6.45) is -3.27. The molecule has 0 aliphatic heterocycles. The van der Waals surface area contributed by atoms with Gasteiger partial charge >= 0.3 is 6.18 Å². The summed E-state index contributed by atoms with van der Waals surface area (Å²) in [6, 6.07) is 1.37. The standard InChI is InChI=1S/C11H15ClF3N3O/c1-8(2)19-10-5-9(16-7-17-10)18(4-3-12)6-11(13,14)15/h5,7-8H,3-4,6H2,1-2H3. The minimum absolute atomic E-state index is 0.0409. The molecule has 0 aliphatic rings. The van der Waals surface area contributed by atoms with Gasteiger partial charge in [0.25, 0.3) is 0 Å². The molecule has 0 saturated heterocycles. The van der Waals surface area contributed by atoms with Gasteiger partial charge in [-0.2, -0.15) is 13.2 Å². The number of rotatable bonds is 6. The van der Waals surface area contributed by atoms with Gasteiger partial charge in [0.05, 0.1) is 6.10 Å². The third-order valence-electron chi connectivity index (χ3n) is 2.03. The van der Waals surface area contributed by atoms with Crippen LogP contribution in [0.15, 0.2) is 12.4 Å². The summed E-state index contributed by atoms with van der Waals surface area (Å²) in [7, 11) is 0. The summed E-state index contributed by atoms with van der Waals surface area (Å²) in [5.41, 5.74) is 0. The van der Waals surface area contributed by atoms with E-state index in [0.29, 0.717) is 0 Å². The van der Waals surface area contributed by atoms with Crippen molar-refractivity contribution in [1.82, 2.24) is 9.97 Å². The number of hydrogen-bond acceptors (Lipinski definition) is 4. The quantitative estimate of drug-likeness (QED) is 0.757. The smallest absolute Gasteiger partial charge is 0.405 e. The topological polar surface area (TPSA) is 38.2 Å². The summed E-state index contributed by atoms with van der Waals surface area (Å²) in [5.74, 6) is 0.450. The highest BCUT2D eigenvalue weighted by Crippen LogP contribution is 2.22. The first-order chi connectivity index (χ1) is 8.81. The van der Waals surface area contributed by atoms with Crippen LogP contribution < -0.4 is 9.64 Å². The van der Waals surface area contributed by atoms with Crippen LogP contribution in [0, 0.1) is 0 Å². The maximum atomic E-state index is 12.5. The van der Waals surface area contributed by atoms with Gasteiger partial charge in [0, 0.05) is 18.5 Å². The summed E-state index contributed by atoms with van der Waals surface area (Å²) >= 11 is 5.52. The Hall–Kier alpha value is -1.24. The molecule has 0 spiro atoms. The fourth-order valence-electron chi connectivity index (χ4n) is 1.40. The van der Waals surface area contributed by atoms with E-state index < -0.39 is 12.7 Å². The van der Waals surface area contributed by atoms with Crippen LogP contribution >= 0.6 is 11.6 Å². The lowest BCUT2D eigenvalue weighted by Gasteiger charge is -2.24. The number of anilines is 1. The highest BCUT2D eigenvalue weighted by Gasteiger charge is 2.31. The van der Waals surface area contributed by atoms with Crippen LogP contribution in [0.5, 0.6) is 5.88 Å². The maximum Gasteiger partial charge on any atom is 0.405 e. The Morgan fingerprint density at radius 1 is 1.37 bits per heavy atom. The molecule has 0 fully saturated rings. The number of nitrogens with zero attached hydrogens (tertiary/aromatic N) is 3. The first-order valence-corrected chi connectivity index (χ1v) is 6.21. The van der Waals surface area contributed by atoms with Crippen LogP contribution in [0.25, 0.3) is 0 Å². The SMILES string of the molecule is CC(C)Oc1cc(N(CCCl)CC(F)(F)F)ncn1. The van der Waals surface area contributed by atoms with Gasteiger partial charge in [-0.1, -0.05) is 0 Å². The number of hydrogen-bond donors (Lipinski definition) is 0. The van der Waals surface area contributed by atoms with Crippen LogP contribution in [0.1, 0.15) is 13.8 Å². The van der Waals surface area contributed by atoms with Crippen molar-refractivity contribution in [3.8, 4) is 5.88 Å². The first kappa shape index (κ1) is 15.8. The molecule has 0 atom stereocenters. The summed E-state index contributed by atoms with van der Waals surface area (Å²) in [5, 5.41) is 0. The fourth-order valence-corrected chi connectivity index (χ4v) is 1.61. The molecular formula is C11H15ClF3N3O. The van der Waals surface area contributed by atoms with Crippen molar-refractivity contribution in [2.24, 2.45) is 0 Å². The summed E-state index contributed by atoms with van der Waals surface area (Å²) in [6.45, 7) is 2.53. The van der Waals surface area contributed by atoms with Crippen molar-refractivity contribution in [2.75, 3.05) is 23.9 Å². The van der Waals surface area contributed by atoms with Crippen LogP contribution in [-0.4, -0.2) is 41.2 Å². The zero-order valence-electron chi connectivity index (χ0n) is 10.6. The molecule has 0 saturated carbocycles. The molecule has 0 radical (unpaired) electrons. The monoisotopic (exact) mass is 297 g/mol. The number of alkyl halides is 4. The predicted molar refractivity (Wildman–Crippen MR) is 66.8 cm³/mol. The molecule has 0 amide bonds. The van der Waals surface area contributed by atoms with E-state index in [1.165, 1.54) is 12.4 Å². The molecule has 0 unspecified atom stereocenters. The Bertz CT molecular complexity index is 401. The molecular weight excluding hydrogens is 283 g/mol. The molecule has 1 aromatic rings. The lowest BCUT2D eigenvalue weighted by atomic mass is 10.4. The van der Waals surface area contributed by atoms with Gasteiger partial charge in [0.1, 0.15) is 18.7 Å². The Morgan fingerprint density at radius 2 is 2.05 bits per heavy atom. The average molecular weight is 298 g/mol. The second kappa shape index (κ2) is 6.79. The molecule has 19 heavy (non-hydrogen) atoms. The molecule has 8 heteroatoms. The van der Waals surface area contributed by atoms with E-state index in [-0.39, 0.29) is 30.2 Å². The van der Waals surface area contributed by atoms with Gasteiger partial charge in [-0.25, -0.2) is 9.97 Å². The van der Waals surface area contributed by atoms with Crippen LogP contribution in [0.3, 0.4) is 0 Å². The van der Waals surface area contributed by atoms with Crippen molar-refractivity contribution >= 4 is 17.4 Å². The lowest BCUT2D eigenvalue weighted by molar-refractivity contribution is -0.119. The van der Waals surface area contributed by atoms with Crippen LogP contribution in [-0.2, 0) is 0 Å². The molecule has 0 aliphatic carbocycles. The molecule has 4 nitrogen and oxygen atoms in total. The number of halogens is 4. The highest BCUT2D eigenvalue weighted by atomic mass is 35.5. The summed E-state index contributed by atoms with van der Waals surface area (Å²) < 4.78 is 42.7. The predicted octanol–water partition coefficient (Wildman–Crippen LogP) is 2.87. The third kappa shape index (κ3) is 5.96. The Kier molecular flexibility index (Phi) is 5.65. The van der Waals surface area contributed by atoms with E-state index in [9.17, 15) is 13.2 Å². The van der Waals surface area contributed by atoms with Gasteiger partial charge in [-0.3, -0.25) is 0 Å². The van der Waals surface area contributed by atoms with Crippen molar-refractivity contribution in [1.29, 1.82) is 0 Å². The van der Waals surface area contributed by atoms with E-state index in [1.54, 1.807) is 13.8 Å². The lowest BCUT2D eigenvalue weighted by Crippen LogP contribution is -2.36. The maximum absolute atomic E-state index is 12.5. The molecule has 0 aromatic carbocycles. The third-order valence-corrected chi connectivity index (χ3v) is 2.20.